The lowest BCUT2D eigenvalue weighted by atomic mass is 9.97. The van der Waals surface area contributed by atoms with Crippen molar-refractivity contribution >= 4 is 49.4 Å². The van der Waals surface area contributed by atoms with E-state index < -0.39 is 0 Å². The van der Waals surface area contributed by atoms with Crippen molar-refractivity contribution in [2.45, 2.75) is 12.3 Å². The minimum Gasteiger partial charge on any atom is -0.455 e. The van der Waals surface area contributed by atoms with Gasteiger partial charge in [-0.15, -0.1) is 0 Å². The molecule has 0 bridgehead atoms. The number of hydrogen-bond donors (Lipinski definition) is 1. The highest BCUT2D eigenvalue weighted by molar-refractivity contribution is 6.12. The number of benzene rings is 8. The lowest BCUT2D eigenvalue weighted by Crippen LogP contribution is -2.57. The summed E-state index contributed by atoms with van der Waals surface area (Å²) in [5.74, 6) is 0. The van der Waals surface area contributed by atoms with Gasteiger partial charge in [-0.3, -0.25) is 5.32 Å². The van der Waals surface area contributed by atoms with Crippen LogP contribution < -0.4 is 10.2 Å². The van der Waals surface area contributed by atoms with Gasteiger partial charge in [0, 0.05) is 38.5 Å². The summed E-state index contributed by atoms with van der Waals surface area (Å²) in [6.07, 6.45) is 0.107. The smallest absolute Gasteiger partial charge is 0.143 e. The zero-order valence-electron chi connectivity index (χ0n) is 29.4. The third-order valence-electron chi connectivity index (χ3n) is 11.1. The molecule has 2 atom stereocenters. The Morgan fingerprint density at radius 2 is 1.00 bits per heavy atom. The normalized spacial score (nSPS) is 15.7. The van der Waals surface area contributed by atoms with Crippen molar-refractivity contribution in [1.29, 1.82) is 0 Å². The molecule has 10 aromatic rings. The second kappa shape index (κ2) is 12.4. The summed E-state index contributed by atoms with van der Waals surface area (Å²) in [6.45, 7) is 0. The van der Waals surface area contributed by atoms with Gasteiger partial charge in [0.2, 0.25) is 0 Å². The Morgan fingerprint density at radius 1 is 0.407 bits per heavy atom. The first-order valence-electron chi connectivity index (χ1n) is 18.6. The third-order valence-corrected chi connectivity index (χ3v) is 11.1. The van der Waals surface area contributed by atoms with Crippen LogP contribution in [0.15, 0.2) is 199 Å². The van der Waals surface area contributed by atoms with Gasteiger partial charge in [0.25, 0.3) is 0 Å². The molecule has 256 valence electrons. The quantitative estimate of drug-likeness (QED) is 0.188. The van der Waals surface area contributed by atoms with Gasteiger partial charge in [-0.25, -0.2) is 0 Å². The molecule has 0 saturated carbocycles. The summed E-state index contributed by atoms with van der Waals surface area (Å²) in [5, 5.41) is 8.61. The van der Waals surface area contributed by atoms with Crippen LogP contribution in [0.1, 0.15) is 23.5 Å². The van der Waals surface area contributed by atoms with Crippen LogP contribution in [0.4, 0.5) is 5.69 Å². The van der Waals surface area contributed by atoms with Gasteiger partial charge in [-0.1, -0.05) is 152 Å². The van der Waals surface area contributed by atoms with E-state index in [0.717, 1.165) is 38.8 Å². The van der Waals surface area contributed by atoms with Crippen molar-refractivity contribution in [3.05, 3.63) is 205 Å². The summed E-state index contributed by atoms with van der Waals surface area (Å²) < 4.78 is 8.87. The summed E-state index contributed by atoms with van der Waals surface area (Å²) in [6, 6.07) is 69.6. The van der Waals surface area contributed by atoms with E-state index in [1.54, 1.807) is 0 Å². The molecule has 3 heterocycles. The molecule has 0 amide bonds. The monoisotopic (exact) mass is 693 g/mol. The molecule has 1 aliphatic rings. The van der Waals surface area contributed by atoms with Crippen molar-refractivity contribution in [2.24, 2.45) is 0 Å². The largest absolute Gasteiger partial charge is 0.455 e. The zero-order chi connectivity index (χ0) is 35.6. The molecule has 0 aliphatic carbocycles. The molecule has 2 unspecified atom stereocenters. The molecule has 8 aromatic carbocycles. The lowest BCUT2D eigenvalue weighted by Gasteiger charge is -2.52. The van der Waals surface area contributed by atoms with Crippen molar-refractivity contribution in [3.8, 4) is 27.9 Å². The Hall–Kier alpha value is -6.88. The van der Waals surface area contributed by atoms with Crippen molar-refractivity contribution in [2.75, 3.05) is 4.90 Å². The molecule has 1 aliphatic heterocycles. The number of aromatic nitrogens is 1. The number of hydrogen-bond acceptors (Lipinski definition) is 3. The van der Waals surface area contributed by atoms with Gasteiger partial charge in [0.05, 0.1) is 11.0 Å². The number of furan rings is 1. The van der Waals surface area contributed by atoms with Crippen LogP contribution in [0.25, 0.3) is 71.7 Å². The maximum Gasteiger partial charge on any atom is 0.143 e. The fourth-order valence-corrected chi connectivity index (χ4v) is 8.48. The Morgan fingerprint density at radius 3 is 1.80 bits per heavy atom. The van der Waals surface area contributed by atoms with E-state index in [0.29, 0.717) is 0 Å². The molecular formula is C50H35N3O. The van der Waals surface area contributed by atoms with Crippen LogP contribution in [0.5, 0.6) is 0 Å². The molecule has 11 rings (SSSR count). The third kappa shape index (κ3) is 4.88. The minimum absolute atomic E-state index is 0.0441. The average molecular weight is 694 g/mol. The fourth-order valence-electron chi connectivity index (χ4n) is 8.48. The van der Waals surface area contributed by atoms with E-state index in [2.05, 4.69) is 197 Å². The molecular weight excluding hydrogens is 659 g/mol. The van der Waals surface area contributed by atoms with Gasteiger partial charge >= 0.3 is 0 Å². The minimum atomic E-state index is 0.0441. The van der Waals surface area contributed by atoms with E-state index in [1.807, 2.05) is 12.1 Å². The summed E-state index contributed by atoms with van der Waals surface area (Å²) in [5.41, 5.74) is 13.6. The average Bonchev–Trinajstić information content (AvgIpc) is 3.77. The SMILES string of the molecule is c1ccc(-c2ccc(C3NC(c4ccccc4)N3c3ccc(-n4c5ccccc5c5ccc(-c6cccc7c6oc6ccccc67)cc54)cc3)cc2)cc1. The number of fused-ring (bicyclic) bond motifs is 6. The first kappa shape index (κ1) is 30.7. The van der Waals surface area contributed by atoms with Crippen LogP contribution in [0.2, 0.25) is 0 Å². The van der Waals surface area contributed by atoms with E-state index >= 15 is 0 Å². The maximum absolute atomic E-state index is 6.47. The molecule has 0 spiro atoms. The molecule has 0 radical (unpaired) electrons. The van der Waals surface area contributed by atoms with Crippen LogP contribution in [-0.2, 0) is 0 Å². The van der Waals surface area contributed by atoms with E-state index in [-0.39, 0.29) is 12.3 Å². The Labute approximate surface area is 313 Å². The van der Waals surface area contributed by atoms with Crippen molar-refractivity contribution < 1.29 is 4.42 Å². The lowest BCUT2D eigenvalue weighted by molar-refractivity contribution is 0.276. The van der Waals surface area contributed by atoms with Crippen molar-refractivity contribution in [3.63, 3.8) is 0 Å². The Kier molecular flexibility index (Phi) is 7.04. The van der Waals surface area contributed by atoms with E-state index in [4.69, 9.17) is 4.42 Å². The highest BCUT2D eigenvalue weighted by atomic mass is 16.3. The number of anilines is 1. The van der Waals surface area contributed by atoms with Crippen molar-refractivity contribution in [1.82, 2.24) is 9.88 Å². The zero-order valence-corrected chi connectivity index (χ0v) is 29.4. The second-order valence-electron chi connectivity index (χ2n) is 14.2. The fraction of sp³-hybridized carbons (Fsp3) is 0.0400. The number of nitrogens with zero attached hydrogens (tertiary/aromatic N) is 2. The maximum atomic E-state index is 6.47. The summed E-state index contributed by atoms with van der Waals surface area (Å²) in [4.78, 5) is 2.49. The highest BCUT2D eigenvalue weighted by Crippen LogP contribution is 2.44. The standard InChI is InChI=1S/C50H35N3O/c1-3-12-33(13-4-1)34-22-24-36(25-23-34)50-51-49(35-14-5-2-6-15-35)53(50)39-29-27-38(28-30-39)52-45-20-9-7-16-41(45)42-31-26-37(32-46(42)52)40-18-11-19-44-43-17-8-10-21-47(43)54-48(40)44/h1-32,49-51H. The van der Waals surface area contributed by atoms with Crippen LogP contribution in [0, 0.1) is 0 Å². The highest BCUT2D eigenvalue weighted by Gasteiger charge is 2.39. The number of para-hydroxylation sites is 3. The Balaban J connectivity index is 1.000. The van der Waals surface area contributed by atoms with E-state index in [9.17, 15) is 0 Å². The molecule has 2 aromatic heterocycles. The number of rotatable bonds is 6. The van der Waals surface area contributed by atoms with E-state index in [1.165, 1.54) is 49.7 Å². The topological polar surface area (TPSA) is 33.3 Å². The first-order chi connectivity index (χ1) is 26.8. The van der Waals surface area contributed by atoms with Gasteiger partial charge in [0.1, 0.15) is 23.5 Å². The van der Waals surface area contributed by atoms with Gasteiger partial charge in [-0.2, -0.15) is 0 Å². The summed E-state index contributed by atoms with van der Waals surface area (Å²) in [7, 11) is 0. The molecule has 1 fully saturated rings. The second-order valence-corrected chi connectivity index (χ2v) is 14.2. The first-order valence-corrected chi connectivity index (χ1v) is 18.6. The molecule has 1 N–H and O–H groups in total. The molecule has 1 saturated heterocycles. The molecule has 54 heavy (non-hydrogen) atoms. The van der Waals surface area contributed by atoms with Crippen LogP contribution in [-0.4, -0.2) is 4.57 Å². The predicted octanol–water partition coefficient (Wildman–Crippen LogP) is 12.8. The summed E-state index contributed by atoms with van der Waals surface area (Å²) >= 11 is 0. The number of nitrogens with one attached hydrogen (secondary N) is 1. The van der Waals surface area contributed by atoms with Gasteiger partial charge in [-0.05, 0) is 70.3 Å². The van der Waals surface area contributed by atoms with Gasteiger partial charge < -0.3 is 13.9 Å². The molecule has 4 heteroatoms. The van der Waals surface area contributed by atoms with Crippen LogP contribution in [0.3, 0.4) is 0 Å². The van der Waals surface area contributed by atoms with Gasteiger partial charge in [0.15, 0.2) is 0 Å². The molecule has 4 nitrogen and oxygen atoms in total. The van der Waals surface area contributed by atoms with Crippen LogP contribution >= 0.6 is 0 Å². The Bertz CT molecular complexity index is 2960. The predicted molar refractivity (Wildman–Crippen MR) is 223 cm³/mol.